The van der Waals surface area contributed by atoms with E-state index >= 15 is 0 Å². The Morgan fingerprint density at radius 1 is 1.00 bits per heavy atom. The second kappa shape index (κ2) is 10.9. The molecule has 2 atom stereocenters. The molecule has 194 valence electrons. The average Bonchev–Trinajstić information content (AvgIpc) is 2.91. The fraction of sp³-hybridized carbons (Fsp3) is 0.379. The van der Waals surface area contributed by atoms with E-state index in [1.165, 1.54) is 11.6 Å². The molecule has 2 aromatic carbocycles. The Morgan fingerprint density at radius 2 is 1.81 bits per heavy atom. The van der Waals surface area contributed by atoms with E-state index in [0.717, 1.165) is 37.0 Å². The van der Waals surface area contributed by atoms with Crippen molar-refractivity contribution in [2.24, 2.45) is 5.92 Å². The Bertz CT molecular complexity index is 1200. The molecule has 2 aliphatic rings. The molecule has 0 saturated carbocycles. The van der Waals surface area contributed by atoms with E-state index in [0.29, 0.717) is 38.0 Å². The fourth-order valence-corrected chi connectivity index (χ4v) is 5.48. The number of nitrogens with zero attached hydrogens (tertiary/aromatic N) is 3. The maximum Gasteiger partial charge on any atom is 0.416 e. The van der Waals surface area contributed by atoms with Crippen LogP contribution < -0.4 is 10.2 Å². The topological polar surface area (TPSA) is 48.5 Å². The Labute approximate surface area is 215 Å². The molecule has 8 heteroatoms. The number of aromatic nitrogens is 1. The van der Waals surface area contributed by atoms with Crippen LogP contribution in [0.4, 0.5) is 18.9 Å². The van der Waals surface area contributed by atoms with Gasteiger partial charge >= 0.3 is 6.18 Å². The lowest BCUT2D eigenvalue weighted by Crippen LogP contribution is -2.61. The molecule has 1 aromatic heterocycles. The maximum atomic E-state index is 13.4. The summed E-state index contributed by atoms with van der Waals surface area (Å²) < 4.78 is 40.3. The number of pyridine rings is 1. The van der Waals surface area contributed by atoms with Crippen molar-refractivity contribution in [2.75, 3.05) is 37.6 Å². The molecular weight excluding hydrogens is 477 g/mol. The normalized spacial score (nSPS) is 19.7. The van der Waals surface area contributed by atoms with Crippen molar-refractivity contribution in [3.8, 4) is 0 Å². The van der Waals surface area contributed by atoms with Gasteiger partial charge in [0.2, 0.25) is 5.91 Å². The molecule has 1 saturated heterocycles. The summed E-state index contributed by atoms with van der Waals surface area (Å²) in [4.78, 5) is 22.2. The number of hydrogen-bond donors (Lipinski definition) is 1. The minimum atomic E-state index is -4.41. The van der Waals surface area contributed by atoms with Crippen LogP contribution in [0, 0.1) is 5.92 Å². The van der Waals surface area contributed by atoms with E-state index in [1.807, 2.05) is 36.4 Å². The molecule has 0 aliphatic carbocycles. The van der Waals surface area contributed by atoms with Crippen LogP contribution >= 0.6 is 0 Å². The SMILES string of the molecule is O=C(NCCc1ccccn1)[C@H]1Cc2cc(C(F)(F)F)ccc2N2CCN(CCc3ccccc3)C[C@H]12. The Hall–Kier alpha value is -3.39. The van der Waals surface area contributed by atoms with Gasteiger partial charge in [0.25, 0.3) is 0 Å². The largest absolute Gasteiger partial charge is 0.416 e. The van der Waals surface area contributed by atoms with E-state index in [2.05, 4.69) is 32.2 Å². The number of carbonyl (C=O) groups is 1. The van der Waals surface area contributed by atoms with Crippen molar-refractivity contribution in [3.63, 3.8) is 0 Å². The summed E-state index contributed by atoms with van der Waals surface area (Å²) in [7, 11) is 0. The van der Waals surface area contributed by atoms with Gasteiger partial charge in [0, 0.05) is 56.7 Å². The summed E-state index contributed by atoms with van der Waals surface area (Å²) in [6.45, 7) is 3.49. The minimum Gasteiger partial charge on any atom is -0.365 e. The van der Waals surface area contributed by atoms with Crippen LogP contribution in [-0.4, -0.2) is 54.6 Å². The molecule has 1 fully saturated rings. The van der Waals surface area contributed by atoms with E-state index in [-0.39, 0.29) is 11.9 Å². The highest BCUT2D eigenvalue weighted by Gasteiger charge is 2.42. The molecule has 0 radical (unpaired) electrons. The van der Waals surface area contributed by atoms with Gasteiger partial charge in [-0.15, -0.1) is 0 Å². The second-order valence-electron chi connectivity index (χ2n) is 9.81. The quantitative estimate of drug-likeness (QED) is 0.515. The summed E-state index contributed by atoms with van der Waals surface area (Å²) in [6.07, 6.45) is -0.881. The number of rotatable bonds is 7. The molecule has 1 amide bonds. The molecular formula is C29H31F3N4O. The van der Waals surface area contributed by atoms with Gasteiger partial charge in [-0.05, 0) is 54.3 Å². The molecule has 1 N–H and O–H groups in total. The number of piperazine rings is 1. The van der Waals surface area contributed by atoms with Crippen molar-refractivity contribution >= 4 is 11.6 Å². The predicted octanol–water partition coefficient (Wildman–Crippen LogP) is 4.36. The van der Waals surface area contributed by atoms with Crippen molar-refractivity contribution in [3.05, 3.63) is 95.3 Å². The summed E-state index contributed by atoms with van der Waals surface area (Å²) >= 11 is 0. The van der Waals surface area contributed by atoms with Crippen molar-refractivity contribution in [1.29, 1.82) is 0 Å². The number of anilines is 1. The van der Waals surface area contributed by atoms with E-state index in [9.17, 15) is 18.0 Å². The average molecular weight is 509 g/mol. The Morgan fingerprint density at radius 3 is 2.57 bits per heavy atom. The van der Waals surface area contributed by atoms with Crippen LogP contribution in [0.2, 0.25) is 0 Å². The first-order valence-corrected chi connectivity index (χ1v) is 12.8. The second-order valence-corrected chi connectivity index (χ2v) is 9.81. The van der Waals surface area contributed by atoms with Crippen molar-refractivity contribution in [1.82, 2.24) is 15.2 Å². The number of benzene rings is 2. The third-order valence-electron chi connectivity index (χ3n) is 7.43. The lowest BCUT2D eigenvalue weighted by molar-refractivity contribution is -0.137. The number of carbonyl (C=O) groups excluding carboxylic acids is 1. The number of amides is 1. The van der Waals surface area contributed by atoms with Gasteiger partial charge in [-0.2, -0.15) is 13.2 Å². The van der Waals surface area contributed by atoms with Gasteiger partial charge in [-0.25, -0.2) is 0 Å². The van der Waals surface area contributed by atoms with Crippen LogP contribution in [-0.2, 0) is 30.2 Å². The number of halogens is 3. The van der Waals surface area contributed by atoms with Gasteiger partial charge in [-0.3, -0.25) is 14.7 Å². The molecule has 0 unspecified atom stereocenters. The van der Waals surface area contributed by atoms with E-state index in [1.54, 1.807) is 12.3 Å². The standard InChI is InChI=1S/C29H31F3N4O/c30-29(31,32)23-9-10-26-22(18-23)19-25(28(37)34-14-11-24-8-4-5-13-33-24)27-20-35(16-17-36(26)27)15-12-21-6-2-1-3-7-21/h1-10,13,18,25,27H,11-12,14-17,19-20H2,(H,34,37)/t25-,27+/m0/s1. The van der Waals surface area contributed by atoms with Gasteiger partial charge in [0.1, 0.15) is 0 Å². The smallest absolute Gasteiger partial charge is 0.365 e. The first kappa shape index (κ1) is 25.3. The monoisotopic (exact) mass is 508 g/mol. The number of alkyl halides is 3. The zero-order valence-electron chi connectivity index (χ0n) is 20.6. The maximum absolute atomic E-state index is 13.4. The molecule has 37 heavy (non-hydrogen) atoms. The van der Waals surface area contributed by atoms with Crippen molar-refractivity contribution in [2.45, 2.75) is 31.5 Å². The molecule has 0 spiro atoms. The number of fused-ring (bicyclic) bond motifs is 3. The van der Waals surface area contributed by atoms with Crippen LogP contribution in [0.15, 0.2) is 72.9 Å². The molecule has 5 rings (SSSR count). The zero-order chi connectivity index (χ0) is 25.8. The lowest BCUT2D eigenvalue weighted by atomic mass is 9.82. The summed E-state index contributed by atoms with van der Waals surface area (Å²) in [5.41, 5.74) is 2.90. The zero-order valence-corrected chi connectivity index (χ0v) is 20.6. The highest BCUT2D eigenvalue weighted by Crippen LogP contribution is 2.39. The summed E-state index contributed by atoms with van der Waals surface area (Å²) in [5.74, 6) is -0.543. The predicted molar refractivity (Wildman–Crippen MR) is 137 cm³/mol. The third kappa shape index (κ3) is 5.96. The number of nitrogens with one attached hydrogen (secondary N) is 1. The van der Waals surface area contributed by atoms with Crippen LogP contribution in [0.5, 0.6) is 0 Å². The first-order chi connectivity index (χ1) is 17.9. The van der Waals surface area contributed by atoms with Crippen LogP contribution in [0.1, 0.15) is 22.4 Å². The Balaban J connectivity index is 1.33. The fourth-order valence-electron chi connectivity index (χ4n) is 5.48. The highest BCUT2D eigenvalue weighted by atomic mass is 19.4. The Kier molecular flexibility index (Phi) is 7.46. The minimum absolute atomic E-state index is 0.0939. The molecule has 3 heterocycles. The van der Waals surface area contributed by atoms with Crippen molar-refractivity contribution < 1.29 is 18.0 Å². The van der Waals surface area contributed by atoms with E-state index < -0.39 is 17.7 Å². The third-order valence-corrected chi connectivity index (χ3v) is 7.43. The molecule has 5 nitrogen and oxygen atoms in total. The van der Waals surface area contributed by atoms with Gasteiger partial charge in [-0.1, -0.05) is 36.4 Å². The summed E-state index contributed by atoms with van der Waals surface area (Å²) in [6, 6.07) is 19.8. The molecule has 0 bridgehead atoms. The van der Waals surface area contributed by atoms with Crippen LogP contribution in [0.25, 0.3) is 0 Å². The first-order valence-electron chi connectivity index (χ1n) is 12.8. The highest BCUT2D eigenvalue weighted by molar-refractivity contribution is 5.82. The molecule has 2 aliphatic heterocycles. The van der Waals surface area contributed by atoms with Gasteiger partial charge in [0.05, 0.1) is 17.5 Å². The van der Waals surface area contributed by atoms with Gasteiger partial charge in [0.15, 0.2) is 0 Å². The lowest BCUT2D eigenvalue weighted by Gasteiger charge is -2.49. The van der Waals surface area contributed by atoms with Crippen LogP contribution in [0.3, 0.4) is 0 Å². The number of hydrogen-bond acceptors (Lipinski definition) is 4. The summed E-state index contributed by atoms with van der Waals surface area (Å²) in [5, 5.41) is 3.04. The van der Waals surface area contributed by atoms with Gasteiger partial charge < -0.3 is 10.2 Å². The molecule has 3 aromatic rings. The van der Waals surface area contributed by atoms with E-state index in [4.69, 9.17) is 0 Å².